The van der Waals surface area contributed by atoms with Gasteiger partial charge in [0.15, 0.2) is 5.82 Å². The van der Waals surface area contributed by atoms with Crippen molar-refractivity contribution in [3.63, 3.8) is 0 Å². The van der Waals surface area contributed by atoms with Gasteiger partial charge in [-0.05, 0) is 17.3 Å². The standard InChI is InChI=1S/C13H14N6S/c1-18-16-12(15-17-18)8-19-6-9(7-19)13-14-10-4-2-3-5-11(10)20-13/h2-5,9H,6-8H2,1H3. The lowest BCUT2D eigenvalue weighted by atomic mass is 10.0. The van der Waals surface area contributed by atoms with Crippen LogP contribution in [0.5, 0.6) is 0 Å². The Bertz CT molecular complexity index is 709. The van der Waals surface area contributed by atoms with Crippen molar-refractivity contribution in [1.29, 1.82) is 0 Å². The zero-order valence-electron chi connectivity index (χ0n) is 11.1. The molecule has 20 heavy (non-hydrogen) atoms. The highest BCUT2D eigenvalue weighted by atomic mass is 32.1. The van der Waals surface area contributed by atoms with E-state index in [1.54, 1.807) is 7.05 Å². The summed E-state index contributed by atoms with van der Waals surface area (Å²) in [5.74, 6) is 1.33. The topological polar surface area (TPSA) is 59.7 Å². The molecule has 0 aliphatic carbocycles. The van der Waals surface area contributed by atoms with Gasteiger partial charge in [0, 0.05) is 19.0 Å². The van der Waals surface area contributed by atoms with Gasteiger partial charge in [-0.1, -0.05) is 12.1 Å². The van der Waals surface area contributed by atoms with Crippen molar-refractivity contribution in [2.24, 2.45) is 7.05 Å². The van der Waals surface area contributed by atoms with Gasteiger partial charge in [0.25, 0.3) is 0 Å². The van der Waals surface area contributed by atoms with Crippen molar-refractivity contribution in [2.45, 2.75) is 12.5 Å². The summed E-state index contributed by atoms with van der Waals surface area (Å²) in [6, 6.07) is 8.32. The molecule has 1 aromatic carbocycles. The minimum Gasteiger partial charge on any atom is -0.294 e. The van der Waals surface area contributed by atoms with Gasteiger partial charge in [-0.15, -0.1) is 21.5 Å². The number of para-hydroxylation sites is 1. The number of aryl methyl sites for hydroxylation is 1. The van der Waals surface area contributed by atoms with E-state index in [1.807, 2.05) is 17.4 Å². The Morgan fingerprint density at radius 3 is 2.90 bits per heavy atom. The van der Waals surface area contributed by atoms with Crippen molar-refractivity contribution < 1.29 is 0 Å². The Hall–Kier alpha value is -1.86. The average Bonchev–Trinajstić information content (AvgIpc) is 2.98. The van der Waals surface area contributed by atoms with Crippen molar-refractivity contribution in [3.8, 4) is 0 Å². The van der Waals surface area contributed by atoms with E-state index in [4.69, 9.17) is 4.98 Å². The molecule has 0 bridgehead atoms. The maximum atomic E-state index is 4.72. The van der Waals surface area contributed by atoms with Crippen molar-refractivity contribution in [3.05, 3.63) is 35.1 Å². The van der Waals surface area contributed by atoms with Crippen LogP contribution in [0.3, 0.4) is 0 Å². The monoisotopic (exact) mass is 286 g/mol. The van der Waals surface area contributed by atoms with Gasteiger partial charge in [-0.25, -0.2) is 4.98 Å². The molecule has 3 heterocycles. The van der Waals surface area contributed by atoms with Crippen LogP contribution in [0.2, 0.25) is 0 Å². The van der Waals surface area contributed by atoms with Gasteiger partial charge in [0.05, 0.1) is 28.8 Å². The lowest BCUT2D eigenvalue weighted by Gasteiger charge is -2.37. The van der Waals surface area contributed by atoms with Crippen LogP contribution >= 0.6 is 11.3 Å². The molecule has 2 aromatic heterocycles. The number of hydrogen-bond acceptors (Lipinski definition) is 6. The SMILES string of the molecule is Cn1nnc(CN2CC(c3nc4ccccc4s3)C2)n1. The molecule has 0 spiro atoms. The number of thiazole rings is 1. The first-order valence-electron chi connectivity index (χ1n) is 6.58. The molecule has 6 nitrogen and oxygen atoms in total. The molecule has 0 N–H and O–H groups in total. The highest BCUT2D eigenvalue weighted by Crippen LogP contribution is 2.33. The lowest BCUT2D eigenvalue weighted by Crippen LogP contribution is -2.44. The molecule has 0 atom stereocenters. The number of hydrogen-bond donors (Lipinski definition) is 0. The number of likely N-dealkylation sites (tertiary alicyclic amines) is 1. The fraction of sp³-hybridized carbons (Fsp3) is 0.385. The predicted octanol–water partition coefficient (Wildman–Crippen LogP) is 1.42. The number of rotatable bonds is 3. The predicted molar refractivity (Wildman–Crippen MR) is 76.4 cm³/mol. The maximum Gasteiger partial charge on any atom is 0.188 e. The Morgan fingerprint density at radius 1 is 1.30 bits per heavy atom. The molecule has 3 aromatic rings. The van der Waals surface area contributed by atoms with Crippen LogP contribution in [-0.2, 0) is 13.6 Å². The molecule has 1 fully saturated rings. The van der Waals surface area contributed by atoms with Crippen molar-refractivity contribution in [2.75, 3.05) is 13.1 Å². The Morgan fingerprint density at radius 2 is 2.15 bits per heavy atom. The molecule has 0 unspecified atom stereocenters. The maximum absolute atomic E-state index is 4.72. The first-order chi connectivity index (χ1) is 9.78. The van der Waals surface area contributed by atoms with Gasteiger partial charge in [-0.3, -0.25) is 4.90 Å². The van der Waals surface area contributed by atoms with Crippen molar-refractivity contribution in [1.82, 2.24) is 30.1 Å². The fourth-order valence-electron chi connectivity index (χ4n) is 2.51. The summed E-state index contributed by atoms with van der Waals surface area (Å²) in [6.07, 6.45) is 0. The van der Waals surface area contributed by atoms with Crippen molar-refractivity contribution >= 4 is 21.6 Å². The van der Waals surface area contributed by atoms with Crippen LogP contribution in [0.25, 0.3) is 10.2 Å². The first kappa shape index (κ1) is 11.9. The summed E-state index contributed by atoms with van der Waals surface area (Å²) in [5, 5.41) is 13.3. The Labute approximate surface area is 120 Å². The molecule has 0 saturated carbocycles. The normalized spacial score (nSPS) is 16.6. The zero-order chi connectivity index (χ0) is 13.5. The van der Waals surface area contributed by atoms with Crippen LogP contribution in [0, 0.1) is 0 Å². The largest absolute Gasteiger partial charge is 0.294 e. The summed E-state index contributed by atoms with van der Waals surface area (Å²) in [7, 11) is 1.79. The second kappa shape index (κ2) is 4.60. The molecule has 102 valence electrons. The van der Waals surface area contributed by atoms with Crippen LogP contribution in [0.1, 0.15) is 16.7 Å². The second-order valence-corrected chi connectivity index (χ2v) is 6.17. The molecule has 4 rings (SSSR count). The van der Waals surface area contributed by atoms with Gasteiger partial charge in [0.1, 0.15) is 0 Å². The van der Waals surface area contributed by atoms with E-state index >= 15 is 0 Å². The molecule has 7 heteroatoms. The Balaban J connectivity index is 1.43. The highest BCUT2D eigenvalue weighted by molar-refractivity contribution is 7.18. The van der Waals surface area contributed by atoms with Gasteiger partial charge < -0.3 is 0 Å². The third-order valence-electron chi connectivity index (χ3n) is 3.53. The number of nitrogens with zero attached hydrogens (tertiary/aromatic N) is 6. The molecule has 1 aliphatic heterocycles. The zero-order valence-corrected chi connectivity index (χ0v) is 11.9. The first-order valence-corrected chi connectivity index (χ1v) is 7.40. The number of fused-ring (bicyclic) bond motifs is 1. The average molecular weight is 286 g/mol. The van der Waals surface area contributed by atoms with Gasteiger partial charge in [-0.2, -0.15) is 4.80 Å². The van der Waals surface area contributed by atoms with E-state index in [-0.39, 0.29) is 0 Å². The van der Waals surface area contributed by atoms with E-state index in [9.17, 15) is 0 Å². The number of tetrazole rings is 1. The van der Waals surface area contributed by atoms with E-state index in [0.717, 1.165) is 31.0 Å². The minimum atomic E-state index is 0.545. The lowest BCUT2D eigenvalue weighted by molar-refractivity contribution is 0.135. The van der Waals surface area contributed by atoms with E-state index in [2.05, 4.69) is 38.5 Å². The van der Waals surface area contributed by atoms with Gasteiger partial charge >= 0.3 is 0 Å². The van der Waals surface area contributed by atoms with E-state index < -0.39 is 0 Å². The summed E-state index contributed by atoms with van der Waals surface area (Å²) in [5.41, 5.74) is 1.11. The fourth-order valence-corrected chi connectivity index (χ4v) is 3.56. The summed E-state index contributed by atoms with van der Waals surface area (Å²) < 4.78 is 1.27. The number of benzene rings is 1. The molecule has 0 amide bonds. The molecule has 1 saturated heterocycles. The highest BCUT2D eigenvalue weighted by Gasteiger charge is 2.31. The van der Waals surface area contributed by atoms with Crippen LogP contribution in [0.15, 0.2) is 24.3 Å². The van der Waals surface area contributed by atoms with Crippen LogP contribution in [-0.4, -0.2) is 43.2 Å². The van der Waals surface area contributed by atoms with E-state index in [0.29, 0.717) is 5.92 Å². The molecular weight excluding hydrogens is 272 g/mol. The number of aromatic nitrogens is 5. The second-order valence-electron chi connectivity index (χ2n) is 5.11. The molecular formula is C13H14N6S. The van der Waals surface area contributed by atoms with Crippen LogP contribution < -0.4 is 0 Å². The van der Waals surface area contributed by atoms with E-state index in [1.165, 1.54) is 14.5 Å². The Kier molecular flexibility index (Phi) is 2.75. The summed E-state index contributed by atoms with van der Waals surface area (Å²) >= 11 is 1.81. The molecule has 1 aliphatic rings. The van der Waals surface area contributed by atoms with Crippen LogP contribution in [0.4, 0.5) is 0 Å². The smallest absolute Gasteiger partial charge is 0.188 e. The van der Waals surface area contributed by atoms with Gasteiger partial charge in [0.2, 0.25) is 0 Å². The third kappa shape index (κ3) is 2.08. The minimum absolute atomic E-state index is 0.545. The molecule has 0 radical (unpaired) electrons. The summed E-state index contributed by atoms with van der Waals surface area (Å²) in [6.45, 7) is 2.82. The third-order valence-corrected chi connectivity index (χ3v) is 4.73. The summed E-state index contributed by atoms with van der Waals surface area (Å²) in [4.78, 5) is 8.55. The quantitative estimate of drug-likeness (QED) is 0.729.